The third-order valence-electron chi connectivity index (χ3n) is 2.57. The van der Waals surface area contributed by atoms with E-state index in [9.17, 15) is 10.1 Å². The number of hydrogen-bond donors (Lipinski definition) is 0. The smallest absolute Gasteiger partial charge is 0.289 e. The van der Waals surface area contributed by atoms with Gasteiger partial charge in [-0.1, -0.05) is 23.4 Å². The van der Waals surface area contributed by atoms with Gasteiger partial charge >= 0.3 is 0 Å². The fraction of sp³-hybridized carbons (Fsp3) is 0.154. The Balaban J connectivity index is 2.28. The fourth-order valence-corrected chi connectivity index (χ4v) is 2.65. The Morgan fingerprint density at radius 3 is 2.52 bits per heavy atom. The number of nitro groups is 1. The maximum Gasteiger partial charge on any atom is 0.289 e. The molecular weight excluding hydrogens is 316 g/mol. The zero-order chi connectivity index (χ0) is 15.4. The van der Waals surface area contributed by atoms with Crippen molar-refractivity contribution in [1.29, 1.82) is 0 Å². The van der Waals surface area contributed by atoms with Gasteiger partial charge in [-0.2, -0.15) is 0 Å². The van der Waals surface area contributed by atoms with E-state index in [2.05, 4.69) is 4.98 Å². The van der Waals surface area contributed by atoms with Crippen molar-refractivity contribution in [1.82, 2.24) is 4.98 Å². The number of pyridine rings is 1. The lowest BCUT2D eigenvalue weighted by atomic mass is 10.3. The van der Waals surface area contributed by atoms with Crippen LogP contribution in [0.5, 0.6) is 11.5 Å². The minimum Gasteiger partial charge on any atom is -0.493 e. The van der Waals surface area contributed by atoms with Crippen LogP contribution < -0.4 is 9.47 Å². The minimum atomic E-state index is -0.538. The first-order valence-corrected chi connectivity index (χ1v) is 6.94. The number of halogens is 1. The van der Waals surface area contributed by atoms with Crippen molar-refractivity contribution in [2.45, 2.75) is 9.92 Å². The van der Waals surface area contributed by atoms with Crippen LogP contribution in [0.4, 0.5) is 5.69 Å². The van der Waals surface area contributed by atoms with Gasteiger partial charge in [0.2, 0.25) is 0 Å². The van der Waals surface area contributed by atoms with Gasteiger partial charge in [0.05, 0.1) is 24.2 Å². The first-order chi connectivity index (χ1) is 10.0. The molecule has 1 aromatic carbocycles. The molecule has 0 fully saturated rings. The molecule has 0 unspecified atom stereocenters. The summed E-state index contributed by atoms with van der Waals surface area (Å²) < 4.78 is 10.4. The second-order valence-electron chi connectivity index (χ2n) is 3.86. The molecule has 0 bridgehead atoms. The van der Waals surface area contributed by atoms with Crippen LogP contribution in [0.3, 0.4) is 0 Å². The number of methoxy groups -OCH3 is 2. The lowest BCUT2D eigenvalue weighted by Gasteiger charge is -2.09. The van der Waals surface area contributed by atoms with E-state index in [1.165, 1.54) is 24.0 Å². The molecule has 2 aromatic rings. The van der Waals surface area contributed by atoms with Crippen LogP contribution in [-0.4, -0.2) is 24.1 Å². The SMILES string of the molecule is COc1ccc(Sc2ncc([N+](=O)[O-])cc2Cl)cc1OC. The molecule has 0 amide bonds. The largest absolute Gasteiger partial charge is 0.493 e. The van der Waals surface area contributed by atoms with Crippen LogP contribution >= 0.6 is 23.4 Å². The summed E-state index contributed by atoms with van der Waals surface area (Å²) in [7, 11) is 3.10. The molecule has 0 N–H and O–H groups in total. The molecule has 2 rings (SSSR count). The lowest BCUT2D eigenvalue weighted by Crippen LogP contribution is -1.92. The molecule has 0 saturated heterocycles. The number of ether oxygens (including phenoxy) is 2. The van der Waals surface area contributed by atoms with Crippen LogP contribution in [0.1, 0.15) is 0 Å². The van der Waals surface area contributed by atoms with E-state index in [-0.39, 0.29) is 10.7 Å². The molecule has 6 nitrogen and oxygen atoms in total. The summed E-state index contributed by atoms with van der Waals surface area (Å²) >= 11 is 7.29. The zero-order valence-electron chi connectivity index (χ0n) is 11.2. The summed E-state index contributed by atoms with van der Waals surface area (Å²) in [5.41, 5.74) is -0.142. The highest BCUT2D eigenvalue weighted by molar-refractivity contribution is 7.99. The molecule has 0 aliphatic carbocycles. The second kappa shape index (κ2) is 6.64. The number of benzene rings is 1. The molecule has 21 heavy (non-hydrogen) atoms. The van der Waals surface area contributed by atoms with E-state index in [0.717, 1.165) is 4.90 Å². The Bertz CT molecular complexity index is 681. The summed E-state index contributed by atoms with van der Waals surface area (Å²) in [6.07, 6.45) is 1.18. The molecule has 0 aliphatic heterocycles. The maximum absolute atomic E-state index is 10.6. The molecule has 0 atom stereocenters. The fourth-order valence-electron chi connectivity index (χ4n) is 1.58. The average molecular weight is 327 g/mol. The van der Waals surface area contributed by atoms with Gasteiger partial charge in [-0.3, -0.25) is 10.1 Å². The Kier molecular flexibility index (Phi) is 4.87. The Hall–Kier alpha value is -1.99. The highest BCUT2D eigenvalue weighted by Gasteiger charge is 2.13. The van der Waals surface area contributed by atoms with Gasteiger partial charge in [-0.25, -0.2) is 4.98 Å². The molecule has 110 valence electrons. The van der Waals surface area contributed by atoms with Gasteiger partial charge in [0, 0.05) is 11.0 Å². The molecule has 0 saturated carbocycles. The van der Waals surface area contributed by atoms with Crippen LogP contribution in [0.15, 0.2) is 40.4 Å². The van der Waals surface area contributed by atoms with Crippen molar-refractivity contribution in [2.75, 3.05) is 14.2 Å². The number of hydrogen-bond acceptors (Lipinski definition) is 6. The van der Waals surface area contributed by atoms with Crippen molar-refractivity contribution in [3.8, 4) is 11.5 Å². The van der Waals surface area contributed by atoms with E-state index < -0.39 is 4.92 Å². The highest BCUT2D eigenvalue weighted by atomic mass is 35.5. The Labute approximate surface area is 130 Å². The van der Waals surface area contributed by atoms with Crippen molar-refractivity contribution >= 4 is 29.1 Å². The zero-order valence-corrected chi connectivity index (χ0v) is 12.8. The van der Waals surface area contributed by atoms with Crippen LogP contribution in [-0.2, 0) is 0 Å². The van der Waals surface area contributed by atoms with Gasteiger partial charge in [0.25, 0.3) is 5.69 Å². The van der Waals surface area contributed by atoms with Crippen LogP contribution in [0.2, 0.25) is 5.02 Å². The Morgan fingerprint density at radius 1 is 1.24 bits per heavy atom. The minimum absolute atomic E-state index is 0.142. The normalized spacial score (nSPS) is 10.2. The van der Waals surface area contributed by atoms with Crippen LogP contribution in [0, 0.1) is 10.1 Å². The van der Waals surface area contributed by atoms with Gasteiger partial charge in [0.1, 0.15) is 11.2 Å². The maximum atomic E-state index is 10.6. The van der Waals surface area contributed by atoms with E-state index in [4.69, 9.17) is 21.1 Å². The van der Waals surface area contributed by atoms with Crippen molar-refractivity contribution in [2.24, 2.45) is 0 Å². The van der Waals surface area contributed by atoms with Gasteiger partial charge in [0.15, 0.2) is 11.5 Å². The predicted molar refractivity (Wildman–Crippen MR) is 79.6 cm³/mol. The van der Waals surface area contributed by atoms with Crippen molar-refractivity contribution in [3.63, 3.8) is 0 Å². The molecule has 1 heterocycles. The quantitative estimate of drug-likeness (QED) is 0.614. The average Bonchev–Trinajstić information content (AvgIpc) is 2.48. The number of nitrogens with zero attached hydrogens (tertiary/aromatic N) is 2. The lowest BCUT2D eigenvalue weighted by molar-refractivity contribution is -0.385. The van der Waals surface area contributed by atoms with Crippen molar-refractivity contribution in [3.05, 3.63) is 45.6 Å². The van der Waals surface area contributed by atoms with Crippen LogP contribution in [0.25, 0.3) is 0 Å². The molecule has 0 spiro atoms. The topological polar surface area (TPSA) is 74.5 Å². The summed E-state index contributed by atoms with van der Waals surface area (Å²) in [6.45, 7) is 0. The van der Waals surface area contributed by atoms with E-state index in [1.807, 2.05) is 6.07 Å². The monoisotopic (exact) mass is 326 g/mol. The predicted octanol–water partition coefficient (Wildman–Crippen LogP) is 3.81. The molecule has 0 aliphatic rings. The van der Waals surface area contributed by atoms with Gasteiger partial charge in [-0.05, 0) is 18.2 Å². The third-order valence-corrected chi connectivity index (χ3v) is 3.98. The van der Waals surface area contributed by atoms with Gasteiger partial charge < -0.3 is 9.47 Å². The standard InChI is InChI=1S/C13H11ClN2O4S/c1-19-11-4-3-9(6-12(11)20-2)21-13-10(14)5-8(7-15-13)16(17)18/h3-7H,1-2H3. The van der Waals surface area contributed by atoms with E-state index >= 15 is 0 Å². The molecule has 0 radical (unpaired) electrons. The highest BCUT2D eigenvalue weighted by Crippen LogP contribution is 2.37. The number of rotatable bonds is 5. The Morgan fingerprint density at radius 2 is 1.95 bits per heavy atom. The molecular formula is C13H11ClN2O4S. The first-order valence-electron chi connectivity index (χ1n) is 5.75. The summed E-state index contributed by atoms with van der Waals surface area (Å²) in [5.74, 6) is 1.20. The van der Waals surface area contributed by atoms with E-state index in [0.29, 0.717) is 16.5 Å². The third kappa shape index (κ3) is 3.56. The number of aromatic nitrogens is 1. The second-order valence-corrected chi connectivity index (χ2v) is 5.33. The summed E-state index contributed by atoms with van der Waals surface area (Å²) in [5, 5.41) is 11.4. The first kappa shape index (κ1) is 15.4. The summed E-state index contributed by atoms with van der Waals surface area (Å²) in [6, 6.07) is 6.65. The van der Waals surface area contributed by atoms with Crippen molar-refractivity contribution < 1.29 is 14.4 Å². The molecule has 8 heteroatoms. The van der Waals surface area contributed by atoms with Gasteiger partial charge in [-0.15, -0.1) is 0 Å². The molecule has 1 aromatic heterocycles. The van der Waals surface area contributed by atoms with E-state index in [1.54, 1.807) is 26.4 Å². The summed E-state index contributed by atoms with van der Waals surface area (Å²) in [4.78, 5) is 14.9.